The number of aromatic amines is 1. The number of aromatic nitrogens is 3. The lowest BCUT2D eigenvalue weighted by atomic mass is 10.0. The van der Waals surface area contributed by atoms with Crippen LogP contribution in [0.25, 0.3) is 33.1 Å². The number of benzene rings is 1. The molecule has 1 saturated heterocycles. The summed E-state index contributed by atoms with van der Waals surface area (Å²) in [6, 6.07) is 12.9. The first-order chi connectivity index (χ1) is 12.8. The van der Waals surface area contributed by atoms with Gasteiger partial charge in [0.05, 0.1) is 5.52 Å². The molecule has 0 amide bonds. The predicted molar refractivity (Wildman–Crippen MR) is 106 cm³/mol. The molecule has 0 unspecified atom stereocenters. The lowest BCUT2D eigenvalue weighted by Crippen LogP contribution is -2.42. The molecule has 3 N–H and O–H groups in total. The molecular weight excluding hydrogens is 322 g/mol. The van der Waals surface area contributed by atoms with Crippen LogP contribution in [-0.4, -0.2) is 34.1 Å². The van der Waals surface area contributed by atoms with Gasteiger partial charge in [-0.2, -0.15) is 0 Å². The number of nitrogens with zero attached hydrogens (tertiary/aromatic N) is 3. The number of nitrogens with one attached hydrogen (secondary N) is 1. The van der Waals surface area contributed by atoms with Crippen LogP contribution in [0, 0.1) is 0 Å². The first kappa shape index (κ1) is 15.3. The van der Waals surface area contributed by atoms with Gasteiger partial charge < -0.3 is 15.6 Å². The van der Waals surface area contributed by atoms with Crippen molar-refractivity contribution in [3.63, 3.8) is 0 Å². The molecular formula is C21H21N5. The smallest absolute Gasteiger partial charge is 0.137 e. The number of nitrogens with two attached hydrogens (primary N) is 1. The number of hydrogen-bond acceptors (Lipinski definition) is 4. The fourth-order valence-electron chi connectivity index (χ4n) is 4.00. The first-order valence-electron chi connectivity index (χ1n) is 9.11. The molecule has 26 heavy (non-hydrogen) atoms. The summed E-state index contributed by atoms with van der Waals surface area (Å²) in [6.45, 7) is 1.95. The molecule has 4 aromatic rings. The van der Waals surface area contributed by atoms with E-state index >= 15 is 0 Å². The van der Waals surface area contributed by atoms with Gasteiger partial charge in [0.2, 0.25) is 0 Å². The van der Waals surface area contributed by atoms with Gasteiger partial charge in [-0.15, -0.1) is 0 Å². The normalized spacial score (nSPS) is 17.9. The van der Waals surface area contributed by atoms with Gasteiger partial charge in [0.1, 0.15) is 5.65 Å². The fraction of sp³-hybridized carbons (Fsp3) is 0.238. The van der Waals surface area contributed by atoms with E-state index in [0.717, 1.165) is 42.5 Å². The second kappa shape index (κ2) is 6.11. The van der Waals surface area contributed by atoms with Crippen molar-refractivity contribution in [2.75, 3.05) is 18.0 Å². The largest absolute Gasteiger partial charge is 0.369 e. The van der Waals surface area contributed by atoms with E-state index in [1.807, 2.05) is 24.7 Å². The predicted octanol–water partition coefficient (Wildman–Crippen LogP) is 3.71. The van der Waals surface area contributed by atoms with E-state index in [9.17, 15) is 0 Å². The Hall–Kier alpha value is -2.92. The van der Waals surface area contributed by atoms with Gasteiger partial charge in [-0.3, -0.25) is 4.98 Å². The minimum absolute atomic E-state index is 0.245. The maximum atomic E-state index is 6.21. The zero-order chi connectivity index (χ0) is 17.5. The van der Waals surface area contributed by atoms with Crippen molar-refractivity contribution in [2.45, 2.75) is 18.9 Å². The Morgan fingerprint density at radius 1 is 1.08 bits per heavy atom. The number of fused-ring (bicyclic) bond motifs is 2. The molecule has 1 aromatic carbocycles. The topological polar surface area (TPSA) is 70.8 Å². The van der Waals surface area contributed by atoms with Crippen molar-refractivity contribution < 1.29 is 0 Å². The summed E-state index contributed by atoms with van der Waals surface area (Å²) in [5.74, 6) is 0. The van der Waals surface area contributed by atoms with Gasteiger partial charge in [0.25, 0.3) is 0 Å². The van der Waals surface area contributed by atoms with Crippen molar-refractivity contribution in [3.05, 3.63) is 55.0 Å². The molecule has 0 radical (unpaired) electrons. The Labute approximate surface area is 151 Å². The Morgan fingerprint density at radius 2 is 2.04 bits per heavy atom. The number of hydrogen-bond donors (Lipinski definition) is 2. The summed E-state index contributed by atoms with van der Waals surface area (Å²) in [6.07, 6.45) is 7.98. The minimum atomic E-state index is 0.245. The average molecular weight is 343 g/mol. The first-order valence-corrected chi connectivity index (χ1v) is 9.11. The van der Waals surface area contributed by atoms with Crippen molar-refractivity contribution in [3.8, 4) is 11.1 Å². The van der Waals surface area contributed by atoms with Crippen LogP contribution in [0.3, 0.4) is 0 Å². The van der Waals surface area contributed by atoms with Crippen LogP contribution in [0.4, 0.5) is 5.69 Å². The van der Waals surface area contributed by atoms with Crippen molar-refractivity contribution in [1.82, 2.24) is 15.0 Å². The van der Waals surface area contributed by atoms with Crippen LogP contribution in [0.1, 0.15) is 12.8 Å². The molecule has 1 fully saturated rings. The molecule has 0 aliphatic carbocycles. The van der Waals surface area contributed by atoms with Gasteiger partial charge >= 0.3 is 0 Å². The van der Waals surface area contributed by atoms with Crippen LogP contribution in [0.2, 0.25) is 0 Å². The standard InChI is InChI=1S/C21H21N5/c22-15-3-2-10-26(13-15)20-7-9-23-19-6-5-14(11-17(19)20)18-12-25-21-16(18)4-1-8-24-21/h1,4-9,11-12,15H,2-3,10,13,22H2,(H,24,25)/t15-/m0/s1. The molecule has 1 aliphatic rings. The number of rotatable bonds is 2. The molecule has 1 atom stereocenters. The quantitative estimate of drug-likeness (QED) is 0.582. The van der Waals surface area contributed by atoms with E-state index in [-0.39, 0.29) is 6.04 Å². The van der Waals surface area contributed by atoms with E-state index < -0.39 is 0 Å². The molecule has 5 heteroatoms. The van der Waals surface area contributed by atoms with Crippen molar-refractivity contribution in [1.29, 1.82) is 0 Å². The van der Waals surface area contributed by atoms with Crippen molar-refractivity contribution >= 4 is 27.6 Å². The zero-order valence-electron chi connectivity index (χ0n) is 14.5. The third-order valence-corrected chi connectivity index (χ3v) is 5.28. The summed E-state index contributed by atoms with van der Waals surface area (Å²) < 4.78 is 0. The van der Waals surface area contributed by atoms with Crippen LogP contribution in [0.5, 0.6) is 0 Å². The van der Waals surface area contributed by atoms with E-state index in [1.54, 1.807) is 0 Å². The number of anilines is 1. The van der Waals surface area contributed by atoms with E-state index in [2.05, 4.69) is 50.2 Å². The van der Waals surface area contributed by atoms with Crippen molar-refractivity contribution in [2.24, 2.45) is 5.73 Å². The molecule has 3 aromatic heterocycles. The molecule has 1 aliphatic heterocycles. The molecule has 4 heterocycles. The van der Waals surface area contributed by atoms with Gasteiger partial charge in [-0.1, -0.05) is 6.07 Å². The Kier molecular flexibility index (Phi) is 3.60. The lowest BCUT2D eigenvalue weighted by molar-refractivity contribution is 0.507. The van der Waals surface area contributed by atoms with Gasteiger partial charge in [-0.25, -0.2) is 4.98 Å². The highest BCUT2D eigenvalue weighted by Crippen LogP contribution is 2.33. The minimum Gasteiger partial charge on any atom is -0.369 e. The second-order valence-corrected chi connectivity index (χ2v) is 7.01. The molecule has 5 nitrogen and oxygen atoms in total. The van der Waals surface area contributed by atoms with Crippen LogP contribution < -0.4 is 10.6 Å². The third-order valence-electron chi connectivity index (χ3n) is 5.28. The van der Waals surface area contributed by atoms with E-state index in [0.29, 0.717) is 0 Å². The van der Waals surface area contributed by atoms with Crippen LogP contribution in [-0.2, 0) is 0 Å². The summed E-state index contributed by atoms with van der Waals surface area (Å²) in [5.41, 5.74) is 11.7. The molecule has 0 saturated carbocycles. The molecule has 130 valence electrons. The third kappa shape index (κ3) is 2.52. The summed E-state index contributed by atoms with van der Waals surface area (Å²) in [4.78, 5) is 14.6. The molecule has 5 rings (SSSR count). The summed E-state index contributed by atoms with van der Waals surface area (Å²) >= 11 is 0. The fourth-order valence-corrected chi connectivity index (χ4v) is 4.00. The number of pyridine rings is 2. The monoisotopic (exact) mass is 343 g/mol. The number of H-pyrrole nitrogens is 1. The SMILES string of the molecule is N[C@H]1CCCN(c2ccnc3ccc(-c4c[nH]c5ncccc45)cc23)C1. The lowest BCUT2D eigenvalue weighted by Gasteiger charge is -2.33. The maximum absolute atomic E-state index is 6.21. The van der Waals surface area contributed by atoms with Gasteiger partial charge in [0.15, 0.2) is 0 Å². The highest BCUT2D eigenvalue weighted by molar-refractivity contribution is 5.99. The Balaban J connectivity index is 1.66. The second-order valence-electron chi connectivity index (χ2n) is 7.01. The Bertz CT molecular complexity index is 1080. The van der Waals surface area contributed by atoms with E-state index in [1.165, 1.54) is 22.2 Å². The van der Waals surface area contributed by atoms with E-state index in [4.69, 9.17) is 5.73 Å². The van der Waals surface area contributed by atoms with Crippen LogP contribution >= 0.6 is 0 Å². The maximum Gasteiger partial charge on any atom is 0.137 e. The Morgan fingerprint density at radius 3 is 2.96 bits per heavy atom. The summed E-state index contributed by atoms with van der Waals surface area (Å²) in [7, 11) is 0. The summed E-state index contributed by atoms with van der Waals surface area (Å²) in [5, 5.41) is 2.31. The highest BCUT2D eigenvalue weighted by Gasteiger charge is 2.19. The van der Waals surface area contributed by atoms with Gasteiger partial charge in [-0.05, 0) is 48.7 Å². The molecule has 0 bridgehead atoms. The van der Waals surface area contributed by atoms with Gasteiger partial charge in [0, 0.05) is 59.7 Å². The average Bonchev–Trinajstić information content (AvgIpc) is 3.11. The highest BCUT2D eigenvalue weighted by atomic mass is 15.2. The van der Waals surface area contributed by atoms with Crippen LogP contribution in [0.15, 0.2) is 55.0 Å². The number of piperidine rings is 1. The molecule has 0 spiro atoms. The zero-order valence-corrected chi connectivity index (χ0v) is 14.5.